The van der Waals surface area contributed by atoms with Crippen LogP contribution in [0.5, 0.6) is 34.5 Å². The quantitative estimate of drug-likeness (QED) is 0.0291. The first-order valence-corrected chi connectivity index (χ1v) is 22.1. The van der Waals surface area contributed by atoms with E-state index in [1.807, 2.05) is 80.2 Å². The van der Waals surface area contributed by atoms with Gasteiger partial charge in [0.25, 0.3) is 0 Å². The SMILES string of the molecule is C/C=C(\C=C/NCCCC(=O)NCCSSCCNC(=O)CCCC[n+]1ccc(/C=C/c2cc(OC)c(OC)cc2OC)cc1)/C=C/c1cc(OC)c(OC)cc1OC. The second kappa shape index (κ2) is 28.3. The van der Waals surface area contributed by atoms with Crippen molar-refractivity contribution >= 4 is 51.6 Å². The predicted octanol–water partition coefficient (Wildman–Crippen LogP) is 7.52. The summed E-state index contributed by atoms with van der Waals surface area (Å²) in [5.74, 6) is 5.63. The fourth-order valence-corrected chi connectivity index (χ4v) is 7.46. The van der Waals surface area contributed by atoms with Crippen LogP contribution in [0.3, 0.4) is 0 Å². The molecule has 320 valence electrons. The van der Waals surface area contributed by atoms with Gasteiger partial charge in [-0.05, 0) is 55.3 Å². The molecule has 0 atom stereocenters. The monoisotopic (exact) mass is 849 g/mol. The standard InChI is InChI=1S/C45H60N4O8S2/c1-8-34(14-16-36-30-40(54-4)42(56-6)32-38(36)52-2)18-22-46-21-11-13-45(51)48-24-29-59-58-28-23-47-44(50)12-9-10-25-49-26-19-35(20-27-49)15-17-37-31-41(55-5)43(57-7)33-39(37)53-3/h8,14-20,22,26-27,30-33,46H,9-13,21,23-25,28-29H2,1-7H3,(H-,47,48,50,51)/p+1/b16-14+,17-15+,22-18-,34-8-. The van der Waals surface area contributed by atoms with Gasteiger partial charge in [-0.3, -0.25) is 9.59 Å². The summed E-state index contributed by atoms with van der Waals surface area (Å²) in [5, 5.41) is 9.25. The van der Waals surface area contributed by atoms with E-state index in [-0.39, 0.29) is 11.8 Å². The highest BCUT2D eigenvalue weighted by atomic mass is 33.1. The number of rotatable bonds is 28. The van der Waals surface area contributed by atoms with Crippen molar-refractivity contribution in [3.05, 3.63) is 95.5 Å². The molecular weight excluding hydrogens is 789 g/mol. The number of allylic oxidation sites excluding steroid dienone is 4. The van der Waals surface area contributed by atoms with Gasteiger partial charge in [0.1, 0.15) is 18.0 Å². The number of aromatic nitrogens is 1. The summed E-state index contributed by atoms with van der Waals surface area (Å²) in [6, 6.07) is 11.5. The Morgan fingerprint density at radius 2 is 1.12 bits per heavy atom. The summed E-state index contributed by atoms with van der Waals surface area (Å²) in [4.78, 5) is 24.5. The van der Waals surface area contributed by atoms with E-state index in [0.29, 0.717) is 67.0 Å². The lowest BCUT2D eigenvalue weighted by Crippen LogP contribution is -2.32. The minimum atomic E-state index is 0.0472. The van der Waals surface area contributed by atoms with E-state index in [4.69, 9.17) is 28.4 Å². The van der Waals surface area contributed by atoms with E-state index in [1.165, 1.54) is 0 Å². The number of carbonyl (C=O) groups is 2. The molecule has 0 saturated carbocycles. The molecule has 3 aromatic rings. The normalized spacial score (nSPS) is 11.5. The molecule has 2 amide bonds. The van der Waals surface area contributed by atoms with Gasteiger partial charge in [-0.25, -0.2) is 4.57 Å². The third-order valence-corrected chi connectivity index (χ3v) is 11.3. The molecule has 3 rings (SSSR count). The van der Waals surface area contributed by atoms with E-state index < -0.39 is 0 Å². The highest BCUT2D eigenvalue weighted by Crippen LogP contribution is 2.36. The molecule has 0 saturated heterocycles. The van der Waals surface area contributed by atoms with Gasteiger partial charge in [0, 0.05) is 85.8 Å². The molecule has 2 aromatic carbocycles. The molecule has 1 heterocycles. The molecule has 0 unspecified atom stereocenters. The Labute approximate surface area is 358 Å². The second-order valence-corrected chi connectivity index (χ2v) is 15.6. The smallest absolute Gasteiger partial charge is 0.220 e. The largest absolute Gasteiger partial charge is 0.496 e. The summed E-state index contributed by atoms with van der Waals surface area (Å²) < 4.78 is 34.7. The zero-order chi connectivity index (χ0) is 42.7. The Kier molecular flexibility index (Phi) is 23.1. The number of hydrogen-bond donors (Lipinski definition) is 3. The average molecular weight is 850 g/mol. The van der Waals surface area contributed by atoms with Gasteiger partial charge in [0.2, 0.25) is 11.8 Å². The summed E-state index contributed by atoms with van der Waals surface area (Å²) >= 11 is 0. The number of nitrogens with zero attached hydrogens (tertiary/aromatic N) is 1. The lowest BCUT2D eigenvalue weighted by atomic mass is 10.1. The van der Waals surface area contributed by atoms with Gasteiger partial charge < -0.3 is 44.4 Å². The van der Waals surface area contributed by atoms with E-state index in [9.17, 15) is 9.59 Å². The molecule has 0 bridgehead atoms. The van der Waals surface area contributed by atoms with Crippen molar-refractivity contribution in [1.82, 2.24) is 16.0 Å². The summed E-state index contributed by atoms with van der Waals surface area (Å²) in [7, 11) is 13.1. The zero-order valence-electron chi connectivity index (χ0n) is 35.5. The number of aryl methyl sites for hydroxylation is 1. The first-order valence-electron chi connectivity index (χ1n) is 19.6. The third kappa shape index (κ3) is 17.7. The lowest BCUT2D eigenvalue weighted by Gasteiger charge is -2.12. The maximum absolute atomic E-state index is 12.3. The number of nitrogens with one attached hydrogen (secondary N) is 3. The summed E-state index contributed by atoms with van der Waals surface area (Å²) in [6.45, 7) is 4.75. The van der Waals surface area contributed by atoms with Crippen molar-refractivity contribution in [2.75, 3.05) is 73.8 Å². The van der Waals surface area contributed by atoms with Crippen LogP contribution < -0.4 is 48.9 Å². The minimum absolute atomic E-state index is 0.0472. The molecular formula is C45H61N4O8S2+. The average Bonchev–Trinajstić information content (AvgIpc) is 3.27. The first-order chi connectivity index (χ1) is 28.8. The number of amides is 2. The van der Waals surface area contributed by atoms with Crippen molar-refractivity contribution in [3.8, 4) is 34.5 Å². The molecule has 0 aliphatic rings. The summed E-state index contributed by atoms with van der Waals surface area (Å²) in [5.41, 5.74) is 3.83. The van der Waals surface area contributed by atoms with Crippen LogP contribution in [0.4, 0.5) is 0 Å². The number of benzene rings is 2. The fourth-order valence-electron chi connectivity index (χ4n) is 5.64. The lowest BCUT2D eigenvalue weighted by molar-refractivity contribution is -0.697. The van der Waals surface area contributed by atoms with Crippen molar-refractivity contribution in [2.45, 2.75) is 45.6 Å². The Morgan fingerprint density at radius 1 is 0.610 bits per heavy atom. The molecule has 14 heteroatoms. The summed E-state index contributed by atoms with van der Waals surface area (Å²) in [6.07, 6.45) is 21.4. The van der Waals surface area contributed by atoms with Crippen LogP contribution >= 0.6 is 21.6 Å². The molecule has 0 aliphatic carbocycles. The van der Waals surface area contributed by atoms with Crippen molar-refractivity contribution < 1.29 is 42.6 Å². The number of ether oxygens (including phenoxy) is 6. The van der Waals surface area contributed by atoms with Crippen LogP contribution in [0.1, 0.15) is 55.7 Å². The van der Waals surface area contributed by atoms with Gasteiger partial charge in [-0.15, -0.1) is 0 Å². The van der Waals surface area contributed by atoms with Crippen LogP contribution in [0.15, 0.2) is 78.8 Å². The maximum atomic E-state index is 12.3. The van der Waals surface area contributed by atoms with E-state index in [0.717, 1.165) is 59.6 Å². The molecule has 0 aliphatic heterocycles. The number of methoxy groups -OCH3 is 6. The second-order valence-electron chi connectivity index (χ2n) is 12.9. The number of pyridine rings is 1. The number of unbranched alkanes of at least 4 members (excludes halogenated alkanes) is 1. The van der Waals surface area contributed by atoms with Gasteiger partial charge in [0.15, 0.2) is 35.4 Å². The minimum Gasteiger partial charge on any atom is -0.496 e. The van der Waals surface area contributed by atoms with Crippen LogP contribution in [-0.2, 0) is 16.1 Å². The van der Waals surface area contributed by atoms with Crippen LogP contribution in [0.25, 0.3) is 18.2 Å². The molecule has 1 aromatic heterocycles. The van der Waals surface area contributed by atoms with Gasteiger partial charge in [-0.2, -0.15) is 0 Å². The van der Waals surface area contributed by atoms with E-state index in [2.05, 4.69) is 32.7 Å². The Hall–Kier alpha value is -5.21. The molecule has 59 heavy (non-hydrogen) atoms. The molecule has 3 N–H and O–H groups in total. The maximum Gasteiger partial charge on any atom is 0.220 e. The van der Waals surface area contributed by atoms with Crippen LogP contribution in [-0.4, -0.2) is 85.6 Å². The Balaban J connectivity index is 1.18. The molecule has 0 radical (unpaired) electrons. The van der Waals surface area contributed by atoms with Crippen molar-refractivity contribution in [1.29, 1.82) is 0 Å². The number of carbonyl (C=O) groups excluding carboxylic acids is 2. The van der Waals surface area contributed by atoms with Crippen molar-refractivity contribution in [2.24, 2.45) is 0 Å². The van der Waals surface area contributed by atoms with Gasteiger partial charge in [0.05, 0.1) is 42.7 Å². The fraction of sp³-hybridized carbons (Fsp3) is 0.400. The zero-order valence-corrected chi connectivity index (χ0v) is 37.1. The molecule has 0 spiro atoms. The van der Waals surface area contributed by atoms with Crippen LogP contribution in [0.2, 0.25) is 0 Å². The Bertz CT molecular complexity index is 1870. The highest BCUT2D eigenvalue weighted by Gasteiger charge is 2.12. The van der Waals surface area contributed by atoms with Gasteiger partial charge >= 0.3 is 0 Å². The van der Waals surface area contributed by atoms with E-state index in [1.54, 1.807) is 70.3 Å². The van der Waals surface area contributed by atoms with Crippen molar-refractivity contribution in [3.63, 3.8) is 0 Å². The third-order valence-electron chi connectivity index (χ3n) is 8.92. The molecule has 0 fully saturated rings. The Morgan fingerprint density at radius 3 is 1.64 bits per heavy atom. The van der Waals surface area contributed by atoms with Gasteiger partial charge in [-0.1, -0.05) is 52.0 Å². The topological polar surface area (TPSA) is 129 Å². The highest BCUT2D eigenvalue weighted by molar-refractivity contribution is 8.76. The van der Waals surface area contributed by atoms with Crippen LogP contribution in [0, 0.1) is 0 Å². The predicted molar refractivity (Wildman–Crippen MR) is 242 cm³/mol. The molecule has 12 nitrogen and oxygen atoms in total. The number of hydrogen-bond acceptors (Lipinski definition) is 11. The first kappa shape index (κ1) is 48.2. The van der Waals surface area contributed by atoms with E-state index >= 15 is 0 Å².